The van der Waals surface area contributed by atoms with Crippen LogP contribution in [-0.2, 0) is 0 Å². The maximum atomic E-state index is 9.21. The normalized spacial score (nSPS) is 20.3. The lowest BCUT2D eigenvalue weighted by molar-refractivity contribution is 0.223. The van der Waals surface area contributed by atoms with Crippen molar-refractivity contribution in [2.45, 2.75) is 59.4 Å². The monoisotopic (exact) mass is 326 g/mol. The molecular formula is C18H38N4O. The standard InChI is InChI=1S/C18H38N4O/c1-5-9-16(11-13-23)14-20-18(19-6-2)22-12-10-17(15-22)21(7-3)8-4/h16-17,23H,5-15H2,1-4H3,(H,19,20). The number of aliphatic hydroxyl groups excluding tert-OH is 1. The number of likely N-dealkylation sites (tertiary alicyclic amines) is 1. The summed E-state index contributed by atoms with van der Waals surface area (Å²) in [6.45, 7) is 15.2. The van der Waals surface area contributed by atoms with Crippen molar-refractivity contribution in [3.63, 3.8) is 0 Å². The summed E-state index contributed by atoms with van der Waals surface area (Å²) in [5, 5.41) is 12.7. The van der Waals surface area contributed by atoms with Crippen LogP contribution in [0, 0.1) is 5.92 Å². The third kappa shape index (κ3) is 6.68. The number of aliphatic hydroxyl groups is 1. The Hall–Kier alpha value is -0.810. The van der Waals surface area contributed by atoms with Gasteiger partial charge in [-0.1, -0.05) is 27.2 Å². The number of aliphatic imine (C=N–C) groups is 1. The van der Waals surface area contributed by atoms with Gasteiger partial charge in [0.25, 0.3) is 0 Å². The number of hydrogen-bond donors (Lipinski definition) is 2. The molecule has 0 saturated carbocycles. The first-order valence-corrected chi connectivity index (χ1v) is 9.58. The quantitative estimate of drug-likeness (QED) is 0.477. The van der Waals surface area contributed by atoms with Crippen molar-refractivity contribution in [2.75, 3.05) is 45.9 Å². The van der Waals surface area contributed by atoms with Gasteiger partial charge in [-0.25, -0.2) is 0 Å². The SMILES string of the molecule is CCCC(CCO)CN=C(NCC)N1CCC(N(CC)CC)C1. The van der Waals surface area contributed by atoms with E-state index in [0.717, 1.165) is 64.5 Å². The zero-order chi connectivity index (χ0) is 17.1. The molecule has 0 aromatic rings. The molecule has 5 nitrogen and oxygen atoms in total. The van der Waals surface area contributed by atoms with Crippen LogP contribution in [0.4, 0.5) is 0 Å². The van der Waals surface area contributed by atoms with Gasteiger partial charge in [0.2, 0.25) is 0 Å². The van der Waals surface area contributed by atoms with Crippen molar-refractivity contribution >= 4 is 5.96 Å². The van der Waals surface area contributed by atoms with Gasteiger partial charge in [-0.15, -0.1) is 0 Å². The Kier molecular flexibility index (Phi) is 10.3. The highest BCUT2D eigenvalue weighted by molar-refractivity contribution is 5.80. The van der Waals surface area contributed by atoms with Gasteiger partial charge in [0.05, 0.1) is 0 Å². The highest BCUT2D eigenvalue weighted by atomic mass is 16.3. The molecule has 0 aromatic carbocycles. The van der Waals surface area contributed by atoms with E-state index >= 15 is 0 Å². The summed E-state index contributed by atoms with van der Waals surface area (Å²) in [6.07, 6.45) is 4.38. The van der Waals surface area contributed by atoms with Crippen LogP contribution >= 0.6 is 0 Å². The molecule has 1 saturated heterocycles. The van der Waals surface area contributed by atoms with Crippen LogP contribution in [-0.4, -0.2) is 72.8 Å². The Morgan fingerprint density at radius 2 is 2.00 bits per heavy atom. The Labute approximate surface area is 143 Å². The van der Waals surface area contributed by atoms with E-state index in [4.69, 9.17) is 4.99 Å². The lowest BCUT2D eigenvalue weighted by Crippen LogP contribution is -2.43. The maximum absolute atomic E-state index is 9.21. The molecule has 2 N–H and O–H groups in total. The van der Waals surface area contributed by atoms with Crippen molar-refractivity contribution in [3.05, 3.63) is 0 Å². The number of nitrogens with one attached hydrogen (secondary N) is 1. The summed E-state index contributed by atoms with van der Waals surface area (Å²) in [4.78, 5) is 9.84. The lowest BCUT2D eigenvalue weighted by atomic mass is 10.0. The molecule has 2 atom stereocenters. The average Bonchev–Trinajstić information content (AvgIpc) is 3.02. The van der Waals surface area contributed by atoms with Crippen LogP contribution in [0.3, 0.4) is 0 Å². The fraction of sp³-hybridized carbons (Fsp3) is 0.944. The predicted octanol–water partition coefficient (Wildman–Crippen LogP) is 2.17. The second kappa shape index (κ2) is 11.7. The Morgan fingerprint density at radius 1 is 1.26 bits per heavy atom. The fourth-order valence-electron chi connectivity index (χ4n) is 3.53. The summed E-state index contributed by atoms with van der Waals surface area (Å²) >= 11 is 0. The van der Waals surface area contributed by atoms with E-state index < -0.39 is 0 Å². The van der Waals surface area contributed by atoms with Crippen LogP contribution in [0.25, 0.3) is 0 Å². The molecule has 1 heterocycles. The van der Waals surface area contributed by atoms with Crippen molar-refractivity contribution in [2.24, 2.45) is 10.9 Å². The molecule has 136 valence electrons. The van der Waals surface area contributed by atoms with Gasteiger partial charge >= 0.3 is 0 Å². The van der Waals surface area contributed by atoms with E-state index in [9.17, 15) is 5.11 Å². The molecule has 0 aromatic heterocycles. The molecule has 0 aliphatic carbocycles. The van der Waals surface area contributed by atoms with Gasteiger partial charge in [0.1, 0.15) is 0 Å². The molecule has 0 spiro atoms. The molecule has 1 aliphatic heterocycles. The molecule has 1 rings (SSSR count). The number of hydrogen-bond acceptors (Lipinski definition) is 3. The molecule has 2 unspecified atom stereocenters. The van der Waals surface area contributed by atoms with Gasteiger partial charge in [-0.05, 0) is 45.2 Å². The Bertz CT molecular complexity index is 325. The summed E-state index contributed by atoms with van der Waals surface area (Å²) in [6, 6.07) is 0.651. The molecule has 1 fully saturated rings. The number of rotatable bonds is 10. The highest BCUT2D eigenvalue weighted by Crippen LogP contribution is 2.16. The third-order valence-corrected chi connectivity index (χ3v) is 4.86. The Morgan fingerprint density at radius 3 is 2.57 bits per heavy atom. The van der Waals surface area contributed by atoms with Crippen LogP contribution < -0.4 is 5.32 Å². The molecule has 23 heavy (non-hydrogen) atoms. The van der Waals surface area contributed by atoms with Crippen LogP contribution in [0.5, 0.6) is 0 Å². The van der Waals surface area contributed by atoms with Crippen LogP contribution in [0.1, 0.15) is 53.4 Å². The fourth-order valence-corrected chi connectivity index (χ4v) is 3.53. The smallest absolute Gasteiger partial charge is 0.193 e. The van der Waals surface area contributed by atoms with Crippen molar-refractivity contribution < 1.29 is 5.11 Å². The maximum Gasteiger partial charge on any atom is 0.193 e. The summed E-state index contributed by atoms with van der Waals surface area (Å²) < 4.78 is 0. The predicted molar refractivity (Wildman–Crippen MR) is 99.0 cm³/mol. The van der Waals surface area contributed by atoms with Gasteiger partial charge in [-0.2, -0.15) is 0 Å². The highest BCUT2D eigenvalue weighted by Gasteiger charge is 2.28. The second-order valence-electron chi connectivity index (χ2n) is 6.47. The first-order chi connectivity index (χ1) is 11.2. The summed E-state index contributed by atoms with van der Waals surface area (Å²) in [5.41, 5.74) is 0. The summed E-state index contributed by atoms with van der Waals surface area (Å²) in [7, 11) is 0. The largest absolute Gasteiger partial charge is 0.396 e. The number of guanidine groups is 1. The van der Waals surface area contributed by atoms with Crippen LogP contribution in [0.2, 0.25) is 0 Å². The second-order valence-corrected chi connectivity index (χ2v) is 6.47. The number of likely N-dealkylation sites (N-methyl/N-ethyl adjacent to an activating group) is 1. The van der Waals surface area contributed by atoms with Crippen LogP contribution in [0.15, 0.2) is 4.99 Å². The minimum atomic E-state index is 0.268. The van der Waals surface area contributed by atoms with Crippen molar-refractivity contribution in [3.8, 4) is 0 Å². The number of nitrogens with zero attached hydrogens (tertiary/aromatic N) is 3. The summed E-state index contributed by atoms with van der Waals surface area (Å²) in [5.74, 6) is 1.56. The average molecular weight is 327 g/mol. The van der Waals surface area contributed by atoms with Gasteiger partial charge in [-0.3, -0.25) is 9.89 Å². The van der Waals surface area contributed by atoms with Crippen molar-refractivity contribution in [1.82, 2.24) is 15.1 Å². The first-order valence-electron chi connectivity index (χ1n) is 9.58. The van der Waals surface area contributed by atoms with E-state index in [0.29, 0.717) is 12.0 Å². The minimum Gasteiger partial charge on any atom is -0.396 e. The molecule has 0 bridgehead atoms. The van der Waals surface area contributed by atoms with E-state index in [1.165, 1.54) is 6.42 Å². The molecule has 0 radical (unpaired) electrons. The Balaban J connectivity index is 2.64. The van der Waals surface area contributed by atoms with E-state index in [1.807, 2.05) is 0 Å². The zero-order valence-electron chi connectivity index (χ0n) is 15.7. The van der Waals surface area contributed by atoms with Gasteiger partial charge in [0.15, 0.2) is 5.96 Å². The van der Waals surface area contributed by atoms with E-state index in [-0.39, 0.29) is 6.61 Å². The van der Waals surface area contributed by atoms with E-state index in [2.05, 4.69) is 42.8 Å². The molecule has 0 amide bonds. The minimum absolute atomic E-state index is 0.268. The lowest BCUT2D eigenvalue weighted by Gasteiger charge is -2.27. The molecule has 1 aliphatic rings. The third-order valence-electron chi connectivity index (χ3n) is 4.86. The van der Waals surface area contributed by atoms with Gasteiger partial charge < -0.3 is 15.3 Å². The molecule has 5 heteroatoms. The topological polar surface area (TPSA) is 51.1 Å². The zero-order valence-corrected chi connectivity index (χ0v) is 15.7. The molecular weight excluding hydrogens is 288 g/mol. The van der Waals surface area contributed by atoms with E-state index in [1.54, 1.807) is 0 Å². The van der Waals surface area contributed by atoms with Gasteiger partial charge in [0, 0.05) is 38.8 Å². The first kappa shape index (κ1) is 20.2. The van der Waals surface area contributed by atoms with Crippen molar-refractivity contribution in [1.29, 1.82) is 0 Å².